The van der Waals surface area contributed by atoms with E-state index in [-0.39, 0.29) is 0 Å². The molecule has 1 aromatic rings. The van der Waals surface area contributed by atoms with Crippen LogP contribution in [-0.4, -0.2) is 7.05 Å². The summed E-state index contributed by atoms with van der Waals surface area (Å²) in [5, 5.41) is 5.89. The molecule has 1 aromatic heterocycles. The number of thiophene rings is 1. The summed E-state index contributed by atoms with van der Waals surface area (Å²) in [5.74, 6) is 0.878. The van der Waals surface area contributed by atoms with Gasteiger partial charge in [0.2, 0.25) is 0 Å². The van der Waals surface area contributed by atoms with Crippen molar-refractivity contribution in [1.82, 2.24) is 5.32 Å². The Morgan fingerprint density at radius 1 is 1.50 bits per heavy atom. The fraction of sp³-hybridized carbons (Fsp3) is 0.667. The Labute approximate surface area is 89.5 Å². The molecule has 2 atom stereocenters. The molecule has 1 fully saturated rings. The molecule has 2 aliphatic carbocycles. The first kappa shape index (κ1) is 8.93. The van der Waals surface area contributed by atoms with Crippen LogP contribution in [0.1, 0.15) is 36.1 Å². The lowest BCUT2D eigenvalue weighted by Crippen LogP contribution is -2.45. The molecular weight excluding hydrogens is 190 g/mol. The zero-order valence-electron chi connectivity index (χ0n) is 8.68. The highest BCUT2D eigenvalue weighted by Crippen LogP contribution is 2.51. The van der Waals surface area contributed by atoms with Gasteiger partial charge >= 0.3 is 0 Å². The van der Waals surface area contributed by atoms with Gasteiger partial charge in [0, 0.05) is 4.88 Å². The van der Waals surface area contributed by atoms with E-state index in [1.807, 2.05) is 11.3 Å². The first-order chi connectivity index (χ1) is 6.87. The maximum Gasteiger partial charge on any atom is 0.0560 e. The highest BCUT2D eigenvalue weighted by Gasteiger charge is 2.47. The summed E-state index contributed by atoms with van der Waals surface area (Å²) in [4.78, 5) is 1.64. The van der Waals surface area contributed by atoms with Crippen molar-refractivity contribution in [1.29, 1.82) is 0 Å². The smallest absolute Gasteiger partial charge is 0.0560 e. The molecule has 0 unspecified atom stereocenters. The van der Waals surface area contributed by atoms with E-state index in [2.05, 4.69) is 23.8 Å². The second-order valence-corrected chi connectivity index (χ2v) is 5.56. The summed E-state index contributed by atoms with van der Waals surface area (Å²) in [6.45, 7) is 0. The fourth-order valence-corrected chi connectivity index (χ4v) is 4.67. The number of fused-ring (bicyclic) bond motifs is 3. The Morgan fingerprint density at radius 3 is 3.29 bits per heavy atom. The molecule has 1 saturated carbocycles. The highest BCUT2D eigenvalue weighted by molar-refractivity contribution is 7.10. The Morgan fingerprint density at radius 2 is 2.43 bits per heavy atom. The molecule has 2 heteroatoms. The third-order valence-electron chi connectivity index (χ3n) is 4.14. The lowest BCUT2D eigenvalue weighted by Gasteiger charge is -2.39. The average molecular weight is 207 g/mol. The van der Waals surface area contributed by atoms with Crippen molar-refractivity contribution in [3.05, 3.63) is 21.9 Å². The summed E-state index contributed by atoms with van der Waals surface area (Å²) in [5.41, 5.74) is 1.98. The summed E-state index contributed by atoms with van der Waals surface area (Å²) in [6.07, 6.45) is 6.92. The molecule has 3 rings (SSSR count). The number of hydrogen-bond donors (Lipinski definition) is 1. The molecule has 0 spiro atoms. The molecule has 0 amide bonds. The largest absolute Gasteiger partial charge is 0.310 e. The summed E-state index contributed by atoms with van der Waals surface area (Å²) < 4.78 is 0. The normalized spacial score (nSPS) is 35.4. The van der Waals surface area contributed by atoms with E-state index in [0.717, 1.165) is 5.92 Å². The van der Waals surface area contributed by atoms with Gasteiger partial charge in [-0.05, 0) is 49.2 Å². The fourth-order valence-electron chi connectivity index (χ4n) is 3.42. The Bertz CT molecular complexity index is 344. The van der Waals surface area contributed by atoms with Crippen LogP contribution in [0.4, 0.5) is 0 Å². The van der Waals surface area contributed by atoms with Gasteiger partial charge < -0.3 is 5.32 Å². The molecule has 0 aliphatic heterocycles. The second-order valence-electron chi connectivity index (χ2n) is 4.64. The molecule has 1 N–H and O–H groups in total. The Kier molecular flexibility index (Phi) is 1.96. The maximum atomic E-state index is 3.63. The Hall–Kier alpha value is -0.340. The summed E-state index contributed by atoms with van der Waals surface area (Å²) in [7, 11) is 2.15. The van der Waals surface area contributed by atoms with Crippen LogP contribution in [0.15, 0.2) is 11.4 Å². The van der Waals surface area contributed by atoms with Gasteiger partial charge in [0.05, 0.1) is 5.54 Å². The molecule has 0 aromatic carbocycles. The van der Waals surface area contributed by atoms with Crippen LogP contribution in [0.2, 0.25) is 0 Å². The molecule has 0 saturated heterocycles. The van der Waals surface area contributed by atoms with E-state index in [1.165, 1.54) is 32.1 Å². The van der Waals surface area contributed by atoms with Gasteiger partial charge in [-0.2, -0.15) is 0 Å². The third kappa shape index (κ3) is 0.986. The number of rotatable bonds is 1. The zero-order chi connectivity index (χ0) is 9.60. The first-order valence-electron chi connectivity index (χ1n) is 5.62. The number of hydrogen-bond acceptors (Lipinski definition) is 2. The van der Waals surface area contributed by atoms with Crippen LogP contribution >= 0.6 is 11.3 Å². The molecular formula is C12H17NS. The minimum absolute atomic E-state index is 0.363. The van der Waals surface area contributed by atoms with Crippen LogP contribution < -0.4 is 5.32 Å². The second kappa shape index (κ2) is 3.07. The molecule has 1 nitrogen and oxygen atoms in total. The predicted octanol–water partition coefficient (Wildman–Crippen LogP) is 2.91. The standard InChI is InChI=1S/C12H17NS/c1-13-12-6-3-2-4-10(12)8-9-5-7-14-11(9)12/h5,7,10,13H,2-4,6,8H2,1H3/t10-,12+/m0/s1. The van der Waals surface area contributed by atoms with Gasteiger partial charge in [-0.25, -0.2) is 0 Å². The monoisotopic (exact) mass is 207 g/mol. The van der Waals surface area contributed by atoms with Crippen molar-refractivity contribution < 1.29 is 0 Å². The van der Waals surface area contributed by atoms with Gasteiger partial charge in [0.1, 0.15) is 0 Å². The van der Waals surface area contributed by atoms with Crippen molar-refractivity contribution in [2.45, 2.75) is 37.6 Å². The third-order valence-corrected chi connectivity index (χ3v) is 5.27. The van der Waals surface area contributed by atoms with E-state index in [1.54, 1.807) is 10.4 Å². The quantitative estimate of drug-likeness (QED) is 0.746. The van der Waals surface area contributed by atoms with Crippen molar-refractivity contribution >= 4 is 11.3 Å². The van der Waals surface area contributed by atoms with Gasteiger partial charge in [0.25, 0.3) is 0 Å². The molecule has 14 heavy (non-hydrogen) atoms. The molecule has 0 radical (unpaired) electrons. The lowest BCUT2D eigenvalue weighted by atomic mass is 9.75. The van der Waals surface area contributed by atoms with Gasteiger partial charge in [-0.3, -0.25) is 0 Å². The van der Waals surface area contributed by atoms with Crippen LogP contribution in [-0.2, 0) is 12.0 Å². The molecule has 0 bridgehead atoms. The molecule has 76 valence electrons. The van der Waals surface area contributed by atoms with E-state index in [9.17, 15) is 0 Å². The summed E-state index contributed by atoms with van der Waals surface area (Å²) in [6, 6.07) is 2.33. The first-order valence-corrected chi connectivity index (χ1v) is 6.50. The van der Waals surface area contributed by atoms with Crippen LogP contribution in [0, 0.1) is 5.92 Å². The van der Waals surface area contributed by atoms with Gasteiger partial charge in [0.15, 0.2) is 0 Å². The SMILES string of the molecule is CN[C@]12CCCC[C@H]1Cc1ccsc12. The van der Waals surface area contributed by atoms with E-state index in [0.29, 0.717) is 5.54 Å². The van der Waals surface area contributed by atoms with Gasteiger partial charge in [-0.15, -0.1) is 11.3 Å². The average Bonchev–Trinajstić information content (AvgIpc) is 2.76. The lowest BCUT2D eigenvalue weighted by molar-refractivity contribution is 0.174. The maximum absolute atomic E-state index is 3.63. The van der Waals surface area contributed by atoms with Crippen LogP contribution in [0.25, 0.3) is 0 Å². The van der Waals surface area contributed by atoms with E-state index >= 15 is 0 Å². The van der Waals surface area contributed by atoms with E-state index in [4.69, 9.17) is 0 Å². The topological polar surface area (TPSA) is 12.0 Å². The van der Waals surface area contributed by atoms with Crippen molar-refractivity contribution in [3.8, 4) is 0 Å². The zero-order valence-corrected chi connectivity index (χ0v) is 9.49. The van der Waals surface area contributed by atoms with Crippen molar-refractivity contribution in [2.24, 2.45) is 5.92 Å². The minimum Gasteiger partial charge on any atom is -0.310 e. The Balaban J connectivity index is 2.08. The van der Waals surface area contributed by atoms with Crippen molar-refractivity contribution in [3.63, 3.8) is 0 Å². The summed E-state index contributed by atoms with van der Waals surface area (Å²) >= 11 is 1.96. The minimum atomic E-state index is 0.363. The van der Waals surface area contributed by atoms with Gasteiger partial charge in [-0.1, -0.05) is 12.8 Å². The molecule has 2 aliphatic rings. The predicted molar refractivity (Wildman–Crippen MR) is 60.7 cm³/mol. The van der Waals surface area contributed by atoms with Crippen molar-refractivity contribution in [2.75, 3.05) is 7.05 Å². The van der Waals surface area contributed by atoms with Crippen LogP contribution in [0.5, 0.6) is 0 Å². The van der Waals surface area contributed by atoms with E-state index < -0.39 is 0 Å². The number of nitrogens with one attached hydrogen (secondary N) is 1. The molecule has 1 heterocycles. The van der Waals surface area contributed by atoms with Crippen LogP contribution in [0.3, 0.4) is 0 Å². The highest BCUT2D eigenvalue weighted by atomic mass is 32.1.